The maximum absolute atomic E-state index is 10.3. The molecule has 0 saturated heterocycles. The van der Waals surface area contributed by atoms with Gasteiger partial charge in [0.25, 0.3) is 10.1 Å². The summed E-state index contributed by atoms with van der Waals surface area (Å²) in [6.45, 7) is 4.28. The van der Waals surface area contributed by atoms with Crippen LogP contribution in [-0.4, -0.2) is 18.7 Å². The van der Waals surface area contributed by atoms with Crippen LogP contribution in [0, 0.1) is 5.92 Å². The summed E-state index contributed by atoms with van der Waals surface area (Å²) >= 11 is 0. The SMILES string of the molecule is CC(C)CCCCCS(=O)(=O)O.N. The molecule has 0 fully saturated rings. The van der Waals surface area contributed by atoms with E-state index in [2.05, 4.69) is 13.8 Å². The second-order valence-electron chi connectivity index (χ2n) is 3.53. The first kappa shape index (κ1) is 15.3. The van der Waals surface area contributed by atoms with Gasteiger partial charge in [-0.1, -0.05) is 33.1 Å². The molecule has 0 atom stereocenters. The highest BCUT2D eigenvalue weighted by Crippen LogP contribution is 2.08. The van der Waals surface area contributed by atoms with Crippen molar-refractivity contribution in [3.8, 4) is 0 Å². The standard InChI is InChI=1S/C8H18O3S.H3N/c1-8(2)6-4-3-5-7-12(9,10)11;/h8H,3-7H2,1-2H3,(H,9,10,11);1H3. The van der Waals surface area contributed by atoms with Crippen LogP contribution in [0.1, 0.15) is 39.5 Å². The van der Waals surface area contributed by atoms with Crippen LogP contribution in [0.2, 0.25) is 0 Å². The van der Waals surface area contributed by atoms with Gasteiger partial charge in [-0.15, -0.1) is 0 Å². The van der Waals surface area contributed by atoms with Crippen LogP contribution in [0.5, 0.6) is 0 Å². The maximum Gasteiger partial charge on any atom is 0.264 e. The van der Waals surface area contributed by atoms with Crippen molar-refractivity contribution < 1.29 is 13.0 Å². The smallest absolute Gasteiger partial charge is 0.264 e. The predicted molar refractivity (Wildman–Crippen MR) is 54.7 cm³/mol. The van der Waals surface area contributed by atoms with Crippen LogP contribution in [0.4, 0.5) is 0 Å². The van der Waals surface area contributed by atoms with E-state index >= 15 is 0 Å². The lowest BCUT2D eigenvalue weighted by Gasteiger charge is -2.02. The van der Waals surface area contributed by atoms with Gasteiger partial charge in [0.15, 0.2) is 0 Å². The van der Waals surface area contributed by atoms with E-state index in [-0.39, 0.29) is 11.9 Å². The van der Waals surface area contributed by atoms with E-state index in [1.165, 1.54) is 0 Å². The van der Waals surface area contributed by atoms with Gasteiger partial charge in [0.1, 0.15) is 0 Å². The molecule has 0 aromatic carbocycles. The van der Waals surface area contributed by atoms with Crippen molar-refractivity contribution in [1.29, 1.82) is 0 Å². The minimum atomic E-state index is -3.72. The van der Waals surface area contributed by atoms with Gasteiger partial charge >= 0.3 is 0 Å². The topological polar surface area (TPSA) is 89.4 Å². The Morgan fingerprint density at radius 2 is 1.69 bits per heavy atom. The quantitative estimate of drug-likeness (QED) is 0.521. The van der Waals surface area contributed by atoms with Crippen molar-refractivity contribution in [2.24, 2.45) is 5.92 Å². The minimum Gasteiger partial charge on any atom is -0.344 e. The van der Waals surface area contributed by atoms with Crippen molar-refractivity contribution in [2.45, 2.75) is 39.5 Å². The molecule has 0 saturated carbocycles. The second kappa shape index (κ2) is 7.29. The van der Waals surface area contributed by atoms with Gasteiger partial charge < -0.3 is 6.15 Å². The lowest BCUT2D eigenvalue weighted by molar-refractivity contribution is 0.476. The zero-order valence-electron chi connectivity index (χ0n) is 8.49. The molecule has 4 N–H and O–H groups in total. The highest BCUT2D eigenvalue weighted by molar-refractivity contribution is 7.85. The first-order valence-electron chi connectivity index (χ1n) is 4.37. The van der Waals surface area contributed by atoms with Crippen LogP contribution in [0.3, 0.4) is 0 Å². The molecule has 0 amide bonds. The summed E-state index contributed by atoms with van der Waals surface area (Å²) in [5.74, 6) is 0.584. The average Bonchev–Trinajstić information content (AvgIpc) is 1.83. The monoisotopic (exact) mass is 211 g/mol. The fourth-order valence-electron chi connectivity index (χ4n) is 1.01. The van der Waals surface area contributed by atoms with Crippen LogP contribution in [0.25, 0.3) is 0 Å². The number of hydrogen-bond donors (Lipinski definition) is 2. The van der Waals surface area contributed by atoms with E-state index in [1.54, 1.807) is 0 Å². The Balaban J connectivity index is 0. The van der Waals surface area contributed by atoms with E-state index in [0.717, 1.165) is 19.3 Å². The van der Waals surface area contributed by atoms with Gasteiger partial charge in [-0.2, -0.15) is 8.42 Å². The zero-order valence-corrected chi connectivity index (χ0v) is 9.31. The number of rotatable bonds is 6. The van der Waals surface area contributed by atoms with E-state index in [1.807, 2.05) is 0 Å². The highest BCUT2D eigenvalue weighted by Gasteiger charge is 2.03. The molecule has 0 rings (SSSR count). The molecule has 0 aromatic rings. The molecule has 0 heterocycles. The first-order valence-corrected chi connectivity index (χ1v) is 5.98. The fraction of sp³-hybridized carbons (Fsp3) is 1.00. The third-order valence-corrected chi connectivity index (χ3v) is 2.49. The molecule has 5 heteroatoms. The van der Waals surface area contributed by atoms with Gasteiger partial charge in [-0.25, -0.2) is 0 Å². The van der Waals surface area contributed by atoms with Crippen LogP contribution >= 0.6 is 0 Å². The van der Waals surface area contributed by atoms with Crippen molar-refractivity contribution in [2.75, 3.05) is 5.75 Å². The van der Waals surface area contributed by atoms with Crippen molar-refractivity contribution in [1.82, 2.24) is 6.15 Å². The fourth-order valence-corrected chi connectivity index (χ4v) is 1.58. The Kier molecular flexibility index (Phi) is 8.61. The molecule has 0 radical (unpaired) electrons. The summed E-state index contributed by atoms with van der Waals surface area (Å²) in [4.78, 5) is 0. The summed E-state index contributed by atoms with van der Waals surface area (Å²) in [6, 6.07) is 0. The van der Waals surface area contributed by atoms with E-state index < -0.39 is 10.1 Å². The third-order valence-electron chi connectivity index (χ3n) is 1.68. The third kappa shape index (κ3) is 14.7. The van der Waals surface area contributed by atoms with Gasteiger partial charge in [0, 0.05) is 0 Å². The van der Waals surface area contributed by atoms with Crippen LogP contribution in [0.15, 0.2) is 0 Å². The Morgan fingerprint density at radius 3 is 2.08 bits per heavy atom. The van der Waals surface area contributed by atoms with Gasteiger partial charge in [-0.05, 0) is 12.3 Å². The van der Waals surface area contributed by atoms with Crippen molar-refractivity contribution in [3.63, 3.8) is 0 Å². The van der Waals surface area contributed by atoms with E-state index in [4.69, 9.17) is 4.55 Å². The molecule has 0 aliphatic rings. The summed E-state index contributed by atoms with van der Waals surface area (Å²) in [5.41, 5.74) is 0. The van der Waals surface area contributed by atoms with Gasteiger partial charge in [0.2, 0.25) is 0 Å². The van der Waals surface area contributed by atoms with E-state index in [9.17, 15) is 8.42 Å². The predicted octanol–water partition coefficient (Wildman–Crippen LogP) is 2.25. The molecule has 0 aliphatic carbocycles. The second-order valence-corrected chi connectivity index (χ2v) is 5.10. The van der Waals surface area contributed by atoms with Crippen LogP contribution < -0.4 is 6.15 Å². The maximum atomic E-state index is 10.3. The summed E-state index contributed by atoms with van der Waals surface area (Å²) < 4.78 is 29.0. The molecule has 0 aromatic heterocycles. The van der Waals surface area contributed by atoms with Crippen LogP contribution in [-0.2, 0) is 10.1 Å². The number of hydrogen-bond acceptors (Lipinski definition) is 3. The Hall–Kier alpha value is -0.130. The lowest BCUT2D eigenvalue weighted by Crippen LogP contribution is -2.03. The van der Waals surface area contributed by atoms with Crippen molar-refractivity contribution in [3.05, 3.63) is 0 Å². The Morgan fingerprint density at radius 1 is 1.15 bits per heavy atom. The van der Waals surface area contributed by atoms with Gasteiger partial charge in [-0.3, -0.25) is 4.55 Å². The Labute approximate surface area is 81.1 Å². The molecule has 4 nitrogen and oxygen atoms in total. The minimum absolute atomic E-state index is 0. The molecular weight excluding hydrogens is 190 g/mol. The van der Waals surface area contributed by atoms with Crippen molar-refractivity contribution >= 4 is 10.1 Å². The molecule has 0 unspecified atom stereocenters. The number of unbranched alkanes of at least 4 members (excludes halogenated alkanes) is 2. The Bertz CT molecular complexity index is 199. The highest BCUT2D eigenvalue weighted by atomic mass is 32.2. The molecule has 0 spiro atoms. The summed E-state index contributed by atoms with van der Waals surface area (Å²) in [5, 5.41) is 0. The average molecular weight is 211 g/mol. The molecule has 13 heavy (non-hydrogen) atoms. The van der Waals surface area contributed by atoms with Gasteiger partial charge in [0.05, 0.1) is 5.75 Å². The normalized spacial score (nSPS) is 11.4. The summed E-state index contributed by atoms with van der Waals surface area (Å²) in [6.07, 6.45) is 3.64. The molecular formula is C8H21NO3S. The molecule has 0 bridgehead atoms. The zero-order chi connectivity index (χ0) is 9.61. The lowest BCUT2D eigenvalue weighted by atomic mass is 10.1. The first-order chi connectivity index (χ1) is 5.42. The molecule has 82 valence electrons. The summed E-state index contributed by atoms with van der Waals surface area (Å²) in [7, 11) is -3.72. The molecule has 0 aliphatic heterocycles. The van der Waals surface area contributed by atoms with E-state index in [0.29, 0.717) is 12.3 Å². The largest absolute Gasteiger partial charge is 0.344 e.